The molecule has 0 fully saturated rings. The fourth-order valence-corrected chi connectivity index (χ4v) is 0.316. The molecule has 0 aromatic heterocycles. The van der Waals surface area contributed by atoms with Gasteiger partial charge in [-0.15, -0.1) is 0 Å². The number of rotatable bonds is 3. The third-order valence-corrected chi connectivity index (χ3v) is 0.770. The van der Waals surface area contributed by atoms with Crippen molar-refractivity contribution in [3.8, 4) is 6.07 Å². The van der Waals surface area contributed by atoms with Crippen molar-refractivity contribution in [3.63, 3.8) is 0 Å². The van der Waals surface area contributed by atoms with Gasteiger partial charge < -0.3 is 4.74 Å². The van der Waals surface area contributed by atoms with E-state index in [9.17, 15) is 0 Å². The zero-order valence-corrected chi connectivity index (χ0v) is 7.18. The Morgan fingerprint density at radius 1 is 1.20 bits per heavy atom. The summed E-state index contributed by atoms with van der Waals surface area (Å²) >= 11 is 0. The van der Waals surface area contributed by atoms with E-state index in [1.807, 2.05) is 26.8 Å². The highest BCUT2D eigenvalue weighted by atomic mass is 16.5. The Bertz CT molecular complexity index is 73.8. The summed E-state index contributed by atoms with van der Waals surface area (Å²) < 4.78 is 4.83. The Kier molecular flexibility index (Phi) is 19.2. The summed E-state index contributed by atoms with van der Waals surface area (Å²) in [5.74, 6) is 0. The Balaban J connectivity index is 0. The number of hydrogen-bond acceptors (Lipinski definition) is 2. The van der Waals surface area contributed by atoms with Gasteiger partial charge in [0.05, 0.1) is 6.07 Å². The van der Waals surface area contributed by atoms with Crippen LogP contribution in [0.5, 0.6) is 0 Å². The lowest BCUT2D eigenvalue weighted by atomic mass is 10.4. The third-order valence-electron chi connectivity index (χ3n) is 0.770. The SMILES string of the molecule is CCCC#N.CCOCC. The van der Waals surface area contributed by atoms with Gasteiger partial charge in [0.25, 0.3) is 0 Å². The van der Waals surface area contributed by atoms with E-state index < -0.39 is 0 Å². The molecule has 0 atom stereocenters. The van der Waals surface area contributed by atoms with Gasteiger partial charge in [-0.1, -0.05) is 6.92 Å². The molecule has 60 valence electrons. The number of nitrogens with zero attached hydrogens (tertiary/aromatic N) is 1. The number of hydrogen-bond donors (Lipinski definition) is 0. The maximum absolute atomic E-state index is 7.82. The normalized spacial score (nSPS) is 7.40. The monoisotopic (exact) mass is 143 g/mol. The standard InChI is InChI=1S/C4H7N.C4H10O/c1-2-3-4-5;1-3-5-4-2/h2-3H2,1H3;3-4H2,1-2H3. The molecular formula is C8H17NO. The van der Waals surface area contributed by atoms with Crippen LogP contribution >= 0.6 is 0 Å². The van der Waals surface area contributed by atoms with Crippen LogP contribution in [0.1, 0.15) is 33.6 Å². The first-order chi connectivity index (χ1) is 4.83. The first kappa shape index (κ1) is 12.2. The van der Waals surface area contributed by atoms with Crippen molar-refractivity contribution in [2.45, 2.75) is 33.6 Å². The minimum atomic E-state index is 0.694. The summed E-state index contributed by atoms with van der Waals surface area (Å²) in [7, 11) is 0. The van der Waals surface area contributed by atoms with Gasteiger partial charge in [-0.05, 0) is 20.3 Å². The molecule has 0 heterocycles. The van der Waals surface area contributed by atoms with Gasteiger partial charge in [0.2, 0.25) is 0 Å². The van der Waals surface area contributed by atoms with Crippen molar-refractivity contribution in [1.29, 1.82) is 5.26 Å². The van der Waals surface area contributed by atoms with Crippen LogP contribution in [0, 0.1) is 11.3 Å². The average Bonchev–Trinajstić information content (AvgIpc) is 1.93. The van der Waals surface area contributed by atoms with E-state index >= 15 is 0 Å². The van der Waals surface area contributed by atoms with Gasteiger partial charge in [0.1, 0.15) is 0 Å². The van der Waals surface area contributed by atoms with Gasteiger partial charge in [-0.2, -0.15) is 5.26 Å². The molecule has 0 aromatic rings. The van der Waals surface area contributed by atoms with E-state index in [4.69, 9.17) is 10.00 Å². The minimum absolute atomic E-state index is 0.694. The van der Waals surface area contributed by atoms with Crippen molar-refractivity contribution in [2.75, 3.05) is 13.2 Å². The molecule has 0 saturated heterocycles. The fraction of sp³-hybridized carbons (Fsp3) is 0.875. The number of unbranched alkanes of at least 4 members (excludes halogenated alkanes) is 1. The Morgan fingerprint density at radius 2 is 1.70 bits per heavy atom. The predicted octanol–water partition coefficient (Wildman–Crippen LogP) is 2.35. The molecule has 2 heteroatoms. The largest absolute Gasteiger partial charge is 0.382 e. The number of nitriles is 1. The van der Waals surface area contributed by atoms with E-state index in [0.717, 1.165) is 19.6 Å². The molecule has 0 bridgehead atoms. The fourth-order valence-electron chi connectivity index (χ4n) is 0.316. The minimum Gasteiger partial charge on any atom is -0.382 e. The molecule has 0 aromatic carbocycles. The molecule has 0 amide bonds. The zero-order chi connectivity index (χ0) is 8.24. The van der Waals surface area contributed by atoms with Crippen LogP contribution in [0.15, 0.2) is 0 Å². The maximum Gasteiger partial charge on any atom is 0.0621 e. The summed E-state index contributed by atoms with van der Waals surface area (Å²) in [6.45, 7) is 7.66. The topological polar surface area (TPSA) is 33.0 Å². The maximum atomic E-state index is 7.82. The van der Waals surface area contributed by atoms with E-state index in [0.29, 0.717) is 6.42 Å². The van der Waals surface area contributed by atoms with Crippen molar-refractivity contribution in [2.24, 2.45) is 0 Å². The Labute approximate surface area is 63.8 Å². The highest BCUT2D eigenvalue weighted by Crippen LogP contribution is 1.77. The molecule has 10 heavy (non-hydrogen) atoms. The first-order valence-corrected chi connectivity index (χ1v) is 3.78. The second-order valence-electron chi connectivity index (χ2n) is 1.69. The smallest absolute Gasteiger partial charge is 0.0621 e. The van der Waals surface area contributed by atoms with Crippen LogP contribution in [-0.2, 0) is 4.74 Å². The van der Waals surface area contributed by atoms with Crippen molar-refractivity contribution in [1.82, 2.24) is 0 Å². The lowest BCUT2D eigenvalue weighted by Gasteiger charge is -1.86. The average molecular weight is 143 g/mol. The highest BCUT2D eigenvalue weighted by Gasteiger charge is 1.65. The highest BCUT2D eigenvalue weighted by molar-refractivity contribution is 4.65. The second-order valence-corrected chi connectivity index (χ2v) is 1.69. The molecule has 0 aliphatic rings. The molecule has 2 nitrogen and oxygen atoms in total. The Hall–Kier alpha value is -0.550. The lowest BCUT2D eigenvalue weighted by molar-refractivity contribution is 0.162. The van der Waals surface area contributed by atoms with Crippen LogP contribution in [0.25, 0.3) is 0 Å². The first-order valence-electron chi connectivity index (χ1n) is 3.78. The van der Waals surface area contributed by atoms with E-state index in [1.54, 1.807) is 0 Å². The predicted molar refractivity (Wildman–Crippen MR) is 42.7 cm³/mol. The quantitative estimate of drug-likeness (QED) is 0.607. The molecule has 0 rings (SSSR count). The van der Waals surface area contributed by atoms with Gasteiger partial charge in [0.15, 0.2) is 0 Å². The summed E-state index contributed by atoms with van der Waals surface area (Å²) in [5.41, 5.74) is 0. The summed E-state index contributed by atoms with van der Waals surface area (Å²) in [6.07, 6.45) is 1.68. The van der Waals surface area contributed by atoms with Gasteiger partial charge in [-0.3, -0.25) is 0 Å². The van der Waals surface area contributed by atoms with Crippen LogP contribution in [0.4, 0.5) is 0 Å². The van der Waals surface area contributed by atoms with E-state index in [-0.39, 0.29) is 0 Å². The van der Waals surface area contributed by atoms with Gasteiger partial charge in [-0.25, -0.2) is 0 Å². The molecular weight excluding hydrogens is 126 g/mol. The second kappa shape index (κ2) is 15.8. The summed E-state index contributed by atoms with van der Waals surface area (Å²) in [4.78, 5) is 0. The van der Waals surface area contributed by atoms with Crippen molar-refractivity contribution >= 4 is 0 Å². The van der Waals surface area contributed by atoms with Crippen LogP contribution in [-0.4, -0.2) is 13.2 Å². The van der Waals surface area contributed by atoms with Crippen LogP contribution in [0.3, 0.4) is 0 Å². The lowest BCUT2D eigenvalue weighted by Crippen LogP contribution is -1.84. The van der Waals surface area contributed by atoms with Crippen molar-refractivity contribution < 1.29 is 4.74 Å². The van der Waals surface area contributed by atoms with Crippen molar-refractivity contribution in [3.05, 3.63) is 0 Å². The van der Waals surface area contributed by atoms with Gasteiger partial charge in [0, 0.05) is 19.6 Å². The molecule has 0 aliphatic heterocycles. The summed E-state index contributed by atoms with van der Waals surface area (Å²) in [6, 6.07) is 2.02. The third kappa shape index (κ3) is 26.0. The van der Waals surface area contributed by atoms with Crippen LogP contribution in [0.2, 0.25) is 0 Å². The Morgan fingerprint density at radius 3 is 1.70 bits per heavy atom. The molecule has 0 radical (unpaired) electrons. The molecule has 0 saturated carbocycles. The molecule has 0 N–H and O–H groups in total. The van der Waals surface area contributed by atoms with Gasteiger partial charge >= 0.3 is 0 Å². The van der Waals surface area contributed by atoms with Crippen LogP contribution < -0.4 is 0 Å². The molecule has 0 unspecified atom stereocenters. The molecule has 0 spiro atoms. The van der Waals surface area contributed by atoms with E-state index in [2.05, 4.69) is 0 Å². The number of ether oxygens (including phenoxy) is 1. The summed E-state index contributed by atoms with van der Waals surface area (Å²) in [5, 5.41) is 7.82. The molecule has 0 aliphatic carbocycles. The zero-order valence-electron chi connectivity index (χ0n) is 7.18. The van der Waals surface area contributed by atoms with E-state index in [1.165, 1.54) is 0 Å².